The molecule has 4 nitrogen and oxygen atoms in total. The fraction of sp³-hybridized carbons (Fsp3) is 0.273. The van der Waals surface area contributed by atoms with Crippen molar-refractivity contribution < 1.29 is 14.7 Å². The van der Waals surface area contributed by atoms with Crippen LogP contribution in [0.25, 0.3) is 0 Å². The summed E-state index contributed by atoms with van der Waals surface area (Å²) in [4.78, 5) is 22.4. The van der Waals surface area contributed by atoms with E-state index in [1.807, 2.05) is 0 Å². The van der Waals surface area contributed by atoms with Gasteiger partial charge in [-0.1, -0.05) is 6.92 Å². The Kier molecular flexibility index (Phi) is 4.72. The van der Waals surface area contributed by atoms with Crippen molar-refractivity contribution in [2.75, 3.05) is 0 Å². The van der Waals surface area contributed by atoms with Gasteiger partial charge in [0.15, 0.2) is 0 Å². The second-order valence-corrected chi connectivity index (χ2v) is 4.53. The van der Waals surface area contributed by atoms with Crippen LogP contribution < -0.4 is 5.32 Å². The Morgan fingerprint density at radius 2 is 1.94 bits per heavy atom. The van der Waals surface area contributed by atoms with E-state index in [0.717, 1.165) is 3.57 Å². The largest absolute Gasteiger partial charge is 0.480 e. The zero-order chi connectivity index (χ0) is 12.1. The van der Waals surface area contributed by atoms with E-state index in [4.69, 9.17) is 5.11 Å². The van der Waals surface area contributed by atoms with Crippen LogP contribution in [0.1, 0.15) is 23.7 Å². The van der Waals surface area contributed by atoms with Crippen molar-refractivity contribution in [3.63, 3.8) is 0 Å². The first-order chi connectivity index (χ1) is 7.54. The summed E-state index contributed by atoms with van der Waals surface area (Å²) in [5, 5.41) is 11.3. The van der Waals surface area contributed by atoms with Gasteiger partial charge in [-0.25, -0.2) is 4.79 Å². The number of nitrogens with one attached hydrogen (secondary N) is 1. The summed E-state index contributed by atoms with van der Waals surface area (Å²) >= 11 is 2.14. The summed E-state index contributed by atoms with van der Waals surface area (Å²) in [7, 11) is 0. The van der Waals surface area contributed by atoms with Crippen LogP contribution in [0.3, 0.4) is 0 Å². The SMILES string of the molecule is CC[C@@H](NC(=O)c1ccc(I)cc1)C(=O)O. The molecule has 0 unspecified atom stereocenters. The van der Waals surface area contributed by atoms with Gasteiger partial charge < -0.3 is 10.4 Å². The molecule has 0 aliphatic heterocycles. The minimum absolute atomic E-state index is 0.356. The highest BCUT2D eigenvalue weighted by Crippen LogP contribution is 2.07. The molecule has 0 aliphatic rings. The van der Waals surface area contributed by atoms with Gasteiger partial charge in [0.1, 0.15) is 6.04 Å². The highest BCUT2D eigenvalue weighted by molar-refractivity contribution is 14.1. The number of benzene rings is 1. The molecule has 0 aliphatic carbocycles. The average molecular weight is 333 g/mol. The van der Waals surface area contributed by atoms with E-state index in [9.17, 15) is 9.59 Å². The number of carbonyl (C=O) groups excluding carboxylic acids is 1. The van der Waals surface area contributed by atoms with Crippen molar-refractivity contribution >= 4 is 34.5 Å². The van der Waals surface area contributed by atoms with Crippen molar-refractivity contribution in [3.05, 3.63) is 33.4 Å². The summed E-state index contributed by atoms with van der Waals surface area (Å²) in [5.74, 6) is -1.37. The van der Waals surface area contributed by atoms with Gasteiger partial charge in [-0.3, -0.25) is 4.79 Å². The maximum Gasteiger partial charge on any atom is 0.326 e. The first-order valence-electron chi connectivity index (χ1n) is 4.83. The zero-order valence-electron chi connectivity index (χ0n) is 8.74. The lowest BCUT2D eigenvalue weighted by molar-refractivity contribution is -0.139. The molecule has 0 spiro atoms. The van der Waals surface area contributed by atoms with Gasteiger partial charge in [0.25, 0.3) is 5.91 Å². The molecule has 1 rings (SSSR count). The number of amides is 1. The van der Waals surface area contributed by atoms with Crippen molar-refractivity contribution in [1.29, 1.82) is 0 Å². The molecule has 16 heavy (non-hydrogen) atoms. The second-order valence-electron chi connectivity index (χ2n) is 3.28. The molecule has 1 aromatic rings. The molecule has 1 aromatic carbocycles. The molecule has 1 atom stereocenters. The number of hydrogen-bond acceptors (Lipinski definition) is 2. The van der Waals surface area contributed by atoms with Crippen LogP contribution in [-0.4, -0.2) is 23.0 Å². The van der Waals surface area contributed by atoms with Crippen LogP contribution in [0, 0.1) is 3.57 Å². The van der Waals surface area contributed by atoms with E-state index in [1.165, 1.54) is 0 Å². The minimum Gasteiger partial charge on any atom is -0.480 e. The zero-order valence-corrected chi connectivity index (χ0v) is 10.9. The molecule has 2 N–H and O–H groups in total. The first-order valence-corrected chi connectivity index (χ1v) is 5.91. The predicted molar refractivity (Wildman–Crippen MR) is 68.3 cm³/mol. The number of carbonyl (C=O) groups is 2. The Hall–Kier alpha value is -1.11. The summed E-state index contributed by atoms with van der Waals surface area (Å²) in [5.41, 5.74) is 0.472. The number of rotatable bonds is 4. The molecule has 86 valence electrons. The predicted octanol–water partition coefficient (Wildman–Crippen LogP) is 1.88. The Morgan fingerprint density at radius 1 is 1.38 bits per heavy atom. The topological polar surface area (TPSA) is 66.4 Å². The van der Waals surface area contributed by atoms with Gasteiger partial charge in [0.2, 0.25) is 0 Å². The second kappa shape index (κ2) is 5.83. The maximum atomic E-state index is 11.7. The van der Waals surface area contributed by atoms with E-state index in [1.54, 1.807) is 31.2 Å². The first kappa shape index (κ1) is 13.0. The van der Waals surface area contributed by atoms with Gasteiger partial charge in [0, 0.05) is 9.13 Å². The molecule has 0 saturated carbocycles. The van der Waals surface area contributed by atoms with Crippen LogP contribution in [0.4, 0.5) is 0 Å². The van der Waals surface area contributed by atoms with E-state index in [-0.39, 0.29) is 5.91 Å². The third-order valence-corrected chi connectivity index (χ3v) is 2.84. The number of carboxylic acid groups (broad SMARTS) is 1. The lowest BCUT2D eigenvalue weighted by Crippen LogP contribution is -2.40. The highest BCUT2D eigenvalue weighted by atomic mass is 127. The summed E-state index contributed by atoms with van der Waals surface area (Å²) < 4.78 is 1.03. The molecular formula is C11H12INO3. The molecule has 1 amide bonds. The van der Waals surface area contributed by atoms with Crippen molar-refractivity contribution in [1.82, 2.24) is 5.32 Å². The number of carboxylic acids is 1. The lowest BCUT2D eigenvalue weighted by Gasteiger charge is -2.12. The van der Waals surface area contributed by atoms with Gasteiger partial charge in [-0.05, 0) is 53.3 Å². The lowest BCUT2D eigenvalue weighted by atomic mass is 10.1. The van der Waals surface area contributed by atoms with E-state index >= 15 is 0 Å². The fourth-order valence-corrected chi connectivity index (χ4v) is 1.54. The van der Waals surface area contributed by atoms with E-state index in [2.05, 4.69) is 27.9 Å². The number of aliphatic carboxylic acids is 1. The minimum atomic E-state index is -1.01. The summed E-state index contributed by atoms with van der Waals surface area (Å²) in [6, 6.07) is 6.12. The monoisotopic (exact) mass is 333 g/mol. The molecule has 5 heteroatoms. The van der Waals surface area contributed by atoms with Crippen LogP contribution in [-0.2, 0) is 4.79 Å². The Balaban J connectivity index is 2.71. The quantitative estimate of drug-likeness (QED) is 0.827. The van der Waals surface area contributed by atoms with Gasteiger partial charge in [-0.15, -0.1) is 0 Å². The van der Waals surface area contributed by atoms with Gasteiger partial charge in [-0.2, -0.15) is 0 Å². The fourth-order valence-electron chi connectivity index (χ4n) is 1.18. The average Bonchev–Trinajstić information content (AvgIpc) is 2.26. The molecule has 0 fully saturated rings. The molecule has 0 radical (unpaired) electrons. The van der Waals surface area contributed by atoms with Gasteiger partial charge in [0.05, 0.1) is 0 Å². The highest BCUT2D eigenvalue weighted by Gasteiger charge is 2.18. The standard InChI is InChI=1S/C11H12INO3/c1-2-9(11(15)16)13-10(14)7-3-5-8(12)6-4-7/h3-6,9H,2H2,1H3,(H,13,14)(H,15,16)/t9-/m1/s1. The molecule has 0 bridgehead atoms. The van der Waals surface area contributed by atoms with Crippen molar-refractivity contribution in [3.8, 4) is 0 Å². The molecule has 0 aromatic heterocycles. The summed E-state index contributed by atoms with van der Waals surface area (Å²) in [6.45, 7) is 1.72. The van der Waals surface area contributed by atoms with Crippen LogP contribution in [0.2, 0.25) is 0 Å². The van der Waals surface area contributed by atoms with E-state index in [0.29, 0.717) is 12.0 Å². The molecule has 0 saturated heterocycles. The molecule has 0 heterocycles. The Labute approximate surface area is 107 Å². The summed E-state index contributed by atoms with van der Waals surface area (Å²) in [6.07, 6.45) is 0.367. The van der Waals surface area contributed by atoms with E-state index < -0.39 is 12.0 Å². The number of hydrogen-bond donors (Lipinski definition) is 2. The van der Waals surface area contributed by atoms with Crippen LogP contribution in [0.5, 0.6) is 0 Å². The maximum absolute atomic E-state index is 11.7. The number of halogens is 1. The third-order valence-electron chi connectivity index (χ3n) is 2.12. The van der Waals surface area contributed by atoms with Crippen LogP contribution in [0.15, 0.2) is 24.3 Å². The van der Waals surface area contributed by atoms with Crippen LogP contribution >= 0.6 is 22.6 Å². The van der Waals surface area contributed by atoms with Crippen molar-refractivity contribution in [2.24, 2.45) is 0 Å². The Bertz CT molecular complexity index is 389. The van der Waals surface area contributed by atoms with Gasteiger partial charge >= 0.3 is 5.97 Å². The normalized spacial score (nSPS) is 11.9. The third kappa shape index (κ3) is 3.48. The smallest absolute Gasteiger partial charge is 0.326 e. The van der Waals surface area contributed by atoms with Crippen molar-refractivity contribution in [2.45, 2.75) is 19.4 Å². The molecular weight excluding hydrogens is 321 g/mol. The Morgan fingerprint density at radius 3 is 2.38 bits per heavy atom.